The van der Waals surface area contributed by atoms with Crippen LogP contribution < -0.4 is 21.7 Å². The summed E-state index contributed by atoms with van der Waals surface area (Å²) < 4.78 is 0. The first-order valence-electron chi connectivity index (χ1n) is 7.79. The third-order valence-electron chi connectivity index (χ3n) is 3.44. The van der Waals surface area contributed by atoms with E-state index in [0.717, 1.165) is 11.4 Å². The summed E-state index contributed by atoms with van der Waals surface area (Å²) in [5.41, 5.74) is 8.80. The summed E-state index contributed by atoms with van der Waals surface area (Å²) >= 11 is 5.99. The quantitative estimate of drug-likeness (QED) is 0.539. The SMILES string of the molecule is CC(=O)Nc1ccc(Nc2ncnc(Nc3cccc(Cl)c3)c2N)cc1. The molecule has 1 aromatic heterocycles. The van der Waals surface area contributed by atoms with Gasteiger partial charge in [0.15, 0.2) is 11.6 Å². The molecule has 0 unspecified atom stereocenters. The molecule has 0 bridgehead atoms. The van der Waals surface area contributed by atoms with E-state index in [1.807, 2.05) is 24.3 Å². The summed E-state index contributed by atoms with van der Waals surface area (Å²) in [6.07, 6.45) is 1.41. The Hall–Kier alpha value is -3.32. The molecule has 5 N–H and O–H groups in total. The largest absolute Gasteiger partial charge is 0.393 e. The van der Waals surface area contributed by atoms with Crippen molar-refractivity contribution in [2.75, 3.05) is 21.7 Å². The van der Waals surface area contributed by atoms with Gasteiger partial charge in [-0.1, -0.05) is 17.7 Å². The van der Waals surface area contributed by atoms with E-state index >= 15 is 0 Å². The smallest absolute Gasteiger partial charge is 0.221 e. The van der Waals surface area contributed by atoms with Gasteiger partial charge >= 0.3 is 0 Å². The van der Waals surface area contributed by atoms with Gasteiger partial charge in [-0.2, -0.15) is 0 Å². The monoisotopic (exact) mass is 368 g/mol. The van der Waals surface area contributed by atoms with Crippen LogP contribution >= 0.6 is 11.6 Å². The average molecular weight is 369 g/mol. The summed E-state index contributed by atoms with van der Waals surface area (Å²) in [5, 5.41) is 9.58. The lowest BCUT2D eigenvalue weighted by Gasteiger charge is -2.13. The number of hydrogen-bond acceptors (Lipinski definition) is 6. The van der Waals surface area contributed by atoms with Gasteiger partial charge in [-0.25, -0.2) is 9.97 Å². The van der Waals surface area contributed by atoms with E-state index in [1.54, 1.807) is 24.3 Å². The zero-order valence-electron chi connectivity index (χ0n) is 14.0. The third-order valence-corrected chi connectivity index (χ3v) is 3.67. The van der Waals surface area contributed by atoms with E-state index in [0.29, 0.717) is 28.0 Å². The Morgan fingerprint density at radius 1 is 0.962 bits per heavy atom. The van der Waals surface area contributed by atoms with Crippen LogP contribution in [0.15, 0.2) is 54.9 Å². The number of rotatable bonds is 5. The number of hydrogen-bond donors (Lipinski definition) is 4. The van der Waals surface area contributed by atoms with E-state index < -0.39 is 0 Å². The van der Waals surface area contributed by atoms with Crippen LogP contribution in [0.5, 0.6) is 0 Å². The Morgan fingerprint density at radius 2 is 1.58 bits per heavy atom. The molecule has 0 saturated heterocycles. The van der Waals surface area contributed by atoms with E-state index in [9.17, 15) is 4.79 Å². The van der Waals surface area contributed by atoms with Gasteiger partial charge in [0.05, 0.1) is 0 Å². The Morgan fingerprint density at radius 3 is 2.19 bits per heavy atom. The van der Waals surface area contributed by atoms with Gasteiger partial charge in [0.25, 0.3) is 0 Å². The van der Waals surface area contributed by atoms with Crippen molar-refractivity contribution in [2.45, 2.75) is 6.92 Å². The minimum Gasteiger partial charge on any atom is -0.393 e. The van der Waals surface area contributed by atoms with Crippen molar-refractivity contribution in [2.24, 2.45) is 0 Å². The normalized spacial score (nSPS) is 10.2. The molecule has 7 nitrogen and oxygen atoms in total. The average Bonchev–Trinajstić information content (AvgIpc) is 2.60. The lowest BCUT2D eigenvalue weighted by Crippen LogP contribution is -2.06. The summed E-state index contributed by atoms with van der Waals surface area (Å²) in [5.74, 6) is 0.818. The van der Waals surface area contributed by atoms with Crippen LogP contribution in [0, 0.1) is 0 Å². The highest BCUT2D eigenvalue weighted by molar-refractivity contribution is 6.30. The molecular formula is C18H17ClN6O. The van der Waals surface area contributed by atoms with Crippen LogP contribution in [-0.4, -0.2) is 15.9 Å². The Labute approximate surface area is 155 Å². The molecule has 0 saturated carbocycles. The number of amides is 1. The van der Waals surface area contributed by atoms with Crippen molar-refractivity contribution in [3.05, 3.63) is 59.9 Å². The number of carbonyl (C=O) groups excluding carboxylic acids is 1. The molecule has 1 amide bonds. The summed E-state index contributed by atoms with van der Waals surface area (Å²) in [6.45, 7) is 1.46. The molecule has 0 aliphatic rings. The fraction of sp³-hybridized carbons (Fsp3) is 0.0556. The first kappa shape index (κ1) is 17.5. The Kier molecular flexibility index (Phi) is 5.19. The van der Waals surface area contributed by atoms with Crippen molar-refractivity contribution in [3.63, 3.8) is 0 Å². The Balaban J connectivity index is 1.77. The minimum absolute atomic E-state index is 0.123. The standard InChI is InChI=1S/C18H17ClN6O/c1-11(26)23-13-5-7-14(8-6-13)24-17-16(20)18(22-10-21-17)25-15-4-2-3-12(19)9-15/h2-10H,20H2,1H3,(H,23,26)(H2,21,22,24,25). The zero-order chi connectivity index (χ0) is 18.5. The maximum Gasteiger partial charge on any atom is 0.221 e. The van der Waals surface area contributed by atoms with Gasteiger partial charge in [0, 0.05) is 29.0 Å². The Bertz CT molecular complexity index is 929. The maximum absolute atomic E-state index is 11.1. The van der Waals surface area contributed by atoms with Gasteiger partial charge in [0.1, 0.15) is 12.0 Å². The summed E-state index contributed by atoms with van der Waals surface area (Å²) in [7, 11) is 0. The van der Waals surface area contributed by atoms with Gasteiger partial charge in [-0.05, 0) is 42.5 Å². The maximum atomic E-state index is 11.1. The first-order chi connectivity index (χ1) is 12.5. The number of aromatic nitrogens is 2. The van der Waals surface area contributed by atoms with Crippen LogP contribution in [0.25, 0.3) is 0 Å². The number of anilines is 6. The highest BCUT2D eigenvalue weighted by Crippen LogP contribution is 2.29. The molecule has 0 spiro atoms. The molecule has 3 rings (SSSR count). The van der Waals surface area contributed by atoms with Crippen LogP contribution in [0.4, 0.5) is 34.4 Å². The van der Waals surface area contributed by atoms with E-state index in [-0.39, 0.29) is 5.91 Å². The van der Waals surface area contributed by atoms with Crippen molar-refractivity contribution in [1.29, 1.82) is 0 Å². The second-order valence-corrected chi connectivity index (χ2v) is 5.94. The van der Waals surface area contributed by atoms with Crippen LogP contribution in [0.3, 0.4) is 0 Å². The van der Waals surface area contributed by atoms with E-state index in [4.69, 9.17) is 17.3 Å². The van der Waals surface area contributed by atoms with Crippen molar-refractivity contribution < 1.29 is 4.79 Å². The molecule has 132 valence electrons. The summed E-state index contributed by atoms with van der Waals surface area (Å²) in [4.78, 5) is 19.4. The molecular weight excluding hydrogens is 352 g/mol. The highest BCUT2D eigenvalue weighted by atomic mass is 35.5. The number of nitrogen functional groups attached to an aromatic ring is 1. The number of nitrogens with two attached hydrogens (primary N) is 1. The van der Waals surface area contributed by atoms with Crippen molar-refractivity contribution in [3.8, 4) is 0 Å². The third kappa shape index (κ3) is 4.40. The van der Waals surface area contributed by atoms with Gasteiger partial charge < -0.3 is 21.7 Å². The molecule has 0 fully saturated rings. The lowest BCUT2D eigenvalue weighted by atomic mass is 10.2. The molecule has 0 atom stereocenters. The predicted octanol–water partition coefficient (Wildman–Crippen LogP) is 4.16. The second-order valence-electron chi connectivity index (χ2n) is 5.50. The topological polar surface area (TPSA) is 105 Å². The van der Waals surface area contributed by atoms with Crippen molar-refractivity contribution in [1.82, 2.24) is 9.97 Å². The van der Waals surface area contributed by atoms with Gasteiger partial charge in [-0.3, -0.25) is 4.79 Å². The fourth-order valence-electron chi connectivity index (χ4n) is 2.27. The van der Waals surface area contributed by atoms with Crippen LogP contribution in [0.2, 0.25) is 5.02 Å². The molecule has 0 radical (unpaired) electrons. The predicted molar refractivity (Wildman–Crippen MR) is 105 cm³/mol. The number of benzene rings is 2. The second kappa shape index (κ2) is 7.71. The number of nitrogens with one attached hydrogen (secondary N) is 3. The molecule has 3 aromatic rings. The fourth-order valence-corrected chi connectivity index (χ4v) is 2.46. The minimum atomic E-state index is -0.123. The molecule has 2 aromatic carbocycles. The van der Waals surface area contributed by atoms with Gasteiger partial charge in [0.2, 0.25) is 5.91 Å². The lowest BCUT2D eigenvalue weighted by molar-refractivity contribution is -0.114. The van der Waals surface area contributed by atoms with Crippen LogP contribution in [0.1, 0.15) is 6.92 Å². The molecule has 0 aliphatic carbocycles. The zero-order valence-corrected chi connectivity index (χ0v) is 14.7. The first-order valence-corrected chi connectivity index (χ1v) is 8.17. The molecule has 1 heterocycles. The van der Waals surface area contributed by atoms with Crippen molar-refractivity contribution >= 4 is 51.9 Å². The van der Waals surface area contributed by atoms with E-state index in [1.165, 1.54) is 13.3 Å². The molecule has 8 heteroatoms. The summed E-state index contributed by atoms with van der Waals surface area (Å²) in [6, 6.07) is 14.5. The van der Waals surface area contributed by atoms with E-state index in [2.05, 4.69) is 25.9 Å². The van der Waals surface area contributed by atoms with Gasteiger partial charge in [-0.15, -0.1) is 0 Å². The molecule has 26 heavy (non-hydrogen) atoms. The number of nitrogens with zero attached hydrogens (tertiary/aromatic N) is 2. The number of carbonyl (C=O) groups is 1. The van der Waals surface area contributed by atoms with Crippen LogP contribution in [-0.2, 0) is 4.79 Å². The molecule has 0 aliphatic heterocycles. The number of halogens is 1. The highest BCUT2D eigenvalue weighted by Gasteiger charge is 2.09.